The number of rotatable bonds is 7. The van der Waals surface area contributed by atoms with Crippen LogP contribution in [0.5, 0.6) is 0 Å². The molecular formula is C14H21N3O2S. The number of anilines is 1. The molecule has 1 aromatic rings. The second kappa shape index (κ2) is 8.47. The fourth-order valence-electron chi connectivity index (χ4n) is 1.77. The van der Waals surface area contributed by atoms with E-state index >= 15 is 0 Å². The highest BCUT2D eigenvalue weighted by Gasteiger charge is 2.19. The number of urea groups is 1. The highest BCUT2D eigenvalue weighted by Crippen LogP contribution is 2.12. The highest BCUT2D eigenvalue weighted by molar-refractivity contribution is 7.98. The summed E-state index contributed by atoms with van der Waals surface area (Å²) in [6.45, 7) is 2.05. The summed E-state index contributed by atoms with van der Waals surface area (Å²) < 4.78 is 0. The number of hydrogen-bond acceptors (Lipinski definition) is 3. The van der Waals surface area contributed by atoms with Gasteiger partial charge in [-0.3, -0.25) is 4.79 Å². The van der Waals surface area contributed by atoms with E-state index in [-0.39, 0.29) is 5.91 Å². The van der Waals surface area contributed by atoms with Gasteiger partial charge in [-0.15, -0.1) is 0 Å². The lowest BCUT2D eigenvalue weighted by Gasteiger charge is -2.17. The van der Waals surface area contributed by atoms with Crippen molar-refractivity contribution in [3.63, 3.8) is 0 Å². The fraction of sp³-hybridized carbons (Fsp3) is 0.429. The van der Waals surface area contributed by atoms with E-state index in [2.05, 4.69) is 17.6 Å². The molecule has 0 aromatic heterocycles. The minimum absolute atomic E-state index is 0.244. The summed E-state index contributed by atoms with van der Waals surface area (Å²) in [5.41, 5.74) is 6.98. The Kier molecular flexibility index (Phi) is 6.93. The Morgan fingerprint density at radius 2 is 2.15 bits per heavy atom. The van der Waals surface area contributed by atoms with Crippen molar-refractivity contribution in [2.75, 3.05) is 17.3 Å². The van der Waals surface area contributed by atoms with E-state index in [0.717, 1.165) is 23.4 Å². The molecule has 0 saturated heterocycles. The molecule has 3 amide bonds. The smallest absolute Gasteiger partial charge is 0.312 e. The molecule has 5 nitrogen and oxygen atoms in total. The molecule has 20 heavy (non-hydrogen) atoms. The Bertz CT molecular complexity index is 465. The van der Waals surface area contributed by atoms with Crippen molar-refractivity contribution in [3.05, 3.63) is 29.8 Å². The minimum atomic E-state index is -0.687. The van der Waals surface area contributed by atoms with Crippen molar-refractivity contribution in [3.8, 4) is 0 Å². The van der Waals surface area contributed by atoms with Gasteiger partial charge in [0.15, 0.2) is 0 Å². The quantitative estimate of drug-likeness (QED) is 0.719. The number of nitrogens with two attached hydrogens (primary N) is 1. The summed E-state index contributed by atoms with van der Waals surface area (Å²) in [4.78, 5) is 23.1. The van der Waals surface area contributed by atoms with Crippen LogP contribution >= 0.6 is 11.8 Å². The molecular weight excluding hydrogens is 274 g/mol. The van der Waals surface area contributed by atoms with Gasteiger partial charge in [0, 0.05) is 5.69 Å². The Labute approximate surface area is 123 Å². The molecule has 0 aliphatic carbocycles. The zero-order chi connectivity index (χ0) is 15.0. The average molecular weight is 295 g/mol. The molecule has 0 spiro atoms. The van der Waals surface area contributed by atoms with Gasteiger partial charge in [0.25, 0.3) is 0 Å². The monoisotopic (exact) mass is 295 g/mol. The van der Waals surface area contributed by atoms with Crippen LogP contribution in [0.15, 0.2) is 24.3 Å². The maximum absolute atomic E-state index is 12.2. The summed E-state index contributed by atoms with van der Waals surface area (Å²) in [6, 6.07) is 6.36. The Morgan fingerprint density at radius 1 is 1.40 bits per heavy atom. The third-order valence-corrected chi connectivity index (χ3v) is 3.49. The van der Waals surface area contributed by atoms with E-state index in [1.165, 1.54) is 0 Å². The number of aryl methyl sites for hydroxylation is 1. The molecule has 0 aliphatic heterocycles. The number of primary amides is 1. The van der Waals surface area contributed by atoms with Crippen LogP contribution in [0.4, 0.5) is 10.5 Å². The van der Waals surface area contributed by atoms with Gasteiger partial charge in [-0.25, -0.2) is 4.79 Å². The van der Waals surface area contributed by atoms with Crippen LogP contribution in [0.2, 0.25) is 0 Å². The number of benzene rings is 1. The Hall–Kier alpha value is -1.69. The molecule has 1 atom stereocenters. The third kappa shape index (κ3) is 5.52. The predicted octanol–water partition coefficient (Wildman–Crippen LogP) is 1.98. The van der Waals surface area contributed by atoms with Crippen LogP contribution in [-0.2, 0) is 11.2 Å². The summed E-state index contributed by atoms with van der Waals surface area (Å²) in [7, 11) is 0. The van der Waals surface area contributed by atoms with Gasteiger partial charge >= 0.3 is 6.03 Å². The van der Waals surface area contributed by atoms with Crippen LogP contribution in [0, 0.1) is 0 Å². The molecule has 0 bridgehead atoms. The predicted molar refractivity (Wildman–Crippen MR) is 84.0 cm³/mol. The number of thioether (sulfide) groups is 1. The van der Waals surface area contributed by atoms with Crippen LogP contribution in [0.25, 0.3) is 0 Å². The summed E-state index contributed by atoms with van der Waals surface area (Å²) >= 11 is 1.61. The first-order valence-corrected chi connectivity index (χ1v) is 7.91. The molecule has 1 rings (SSSR count). The lowest BCUT2D eigenvalue weighted by Crippen LogP contribution is -2.46. The molecule has 110 valence electrons. The number of nitrogens with one attached hydrogen (secondary N) is 2. The first kappa shape index (κ1) is 16.4. The highest BCUT2D eigenvalue weighted by atomic mass is 32.2. The van der Waals surface area contributed by atoms with Gasteiger partial charge in [-0.1, -0.05) is 19.1 Å². The zero-order valence-corrected chi connectivity index (χ0v) is 12.6. The van der Waals surface area contributed by atoms with Crippen molar-refractivity contribution < 1.29 is 9.59 Å². The fourth-order valence-corrected chi connectivity index (χ4v) is 2.25. The molecule has 0 radical (unpaired) electrons. The third-order valence-electron chi connectivity index (χ3n) is 2.85. The van der Waals surface area contributed by atoms with E-state index in [4.69, 9.17) is 5.73 Å². The van der Waals surface area contributed by atoms with E-state index in [9.17, 15) is 9.59 Å². The van der Waals surface area contributed by atoms with Gasteiger partial charge in [0.1, 0.15) is 6.04 Å². The summed E-state index contributed by atoms with van der Waals surface area (Å²) in [5, 5.41) is 5.29. The molecule has 0 heterocycles. The average Bonchev–Trinajstić information content (AvgIpc) is 2.43. The van der Waals surface area contributed by atoms with Crippen molar-refractivity contribution in [1.82, 2.24) is 5.32 Å². The maximum atomic E-state index is 12.2. The molecule has 0 saturated carbocycles. The first-order valence-electron chi connectivity index (χ1n) is 6.51. The van der Waals surface area contributed by atoms with Crippen LogP contribution in [0.1, 0.15) is 18.9 Å². The molecule has 1 aromatic carbocycles. The van der Waals surface area contributed by atoms with Gasteiger partial charge in [-0.2, -0.15) is 11.8 Å². The van der Waals surface area contributed by atoms with E-state index in [0.29, 0.717) is 6.42 Å². The van der Waals surface area contributed by atoms with Crippen LogP contribution in [0.3, 0.4) is 0 Å². The summed E-state index contributed by atoms with van der Waals surface area (Å²) in [5.74, 6) is 0.527. The van der Waals surface area contributed by atoms with Crippen LogP contribution in [-0.4, -0.2) is 30.0 Å². The van der Waals surface area contributed by atoms with Gasteiger partial charge in [0.05, 0.1) is 0 Å². The lowest BCUT2D eigenvalue weighted by atomic mass is 10.1. The number of carbonyl (C=O) groups is 2. The second-order valence-electron chi connectivity index (χ2n) is 4.39. The van der Waals surface area contributed by atoms with Crippen molar-refractivity contribution in [1.29, 1.82) is 0 Å². The van der Waals surface area contributed by atoms with E-state index < -0.39 is 12.1 Å². The molecule has 4 N–H and O–H groups in total. The molecule has 1 unspecified atom stereocenters. The Balaban J connectivity index is 2.70. The van der Waals surface area contributed by atoms with Gasteiger partial charge < -0.3 is 16.4 Å². The topological polar surface area (TPSA) is 84.2 Å². The molecule has 6 heteroatoms. The lowest BCUT2D eigenvalue weighted by molar-refractivity contribution is -0.117. The van der Waals surface area contributed by atoms with Gasteiger partial charge in [-0.05, 0) is 42.5 Å². The van der Waals surface area contributed by atoms with Gasteiger partial charge in [0.2, 0.25) is 5.91 Å². The first-order chi connectivity index (χ1) is 9.56. The normalized spacial score (nSPS) is 11.7. The SMILES string of the molecule is CCc1cccc(NC(=O)C(CCSC)NC(N)=O)c1. The zero-order valence-electron chi connectivity index (χ0n) is 11.8. The second-order valence-corrected chi connectivity index (χ2v) is 5.37. The molecule has 0 fully saturated rings. The number of amides is 3. The Morgan fingerprint density at radius 3 is 2.75 bits per heavy atom. The maximum Gasteiger partial charge on any atom is 0.312 e. The van der Waals surface area contributed by atoms with Crippen molar-refractivity contribution >= 4 is 29.4 Å². The van der Waals surface area contributed by atoms with E-state index in [1.54, 1.807) is 11.8 Å². The van der Waals surface area contributed by atoms with Crippen LogP contribution < -0.4 is 16.4 Å². The largest absolute Gasteiger partial charge is 0.352 e. The number of carbonyl (C=O) groups excluding carboxylic acids is 2. The van der Waals surface area contributed by atoms with Crippen molar-refractivity contribution in [2.45, 2.75) is 25.8 Å². The number of hydrogen-bond donors (Lipinski definition) is 3. The standard InChI is InChI=1S/C14H21N3O2S/c1-3-10-5-4-6-11(9-10)16-13(18)12(7-8-20-2)17-14(15)19/h4-6,9,12H,3,7-8H2,1-2H3,(H,16,18)(H3,15,17,19). The summed E-state index contributed by atoms with van der Waals surface area (Å²) in [6.07, 6.45) is 3.40. The van der Waals surface area contributed by atoms with E-state index in [1.807, 2.05) is 30.5 Å². The minimum Gasteiger partial charge on any atom is -0.352 e. The molecule has 0 aliphatic rings. The van der Waals surface area contributed by atoms with Crippen molar-refractivity contribution in [2.24, 2.45) is 5.73 Å².